The minimum atomic E-state index is -3.71. The molecule has 9 heteroatoms. The molecule has 0 radical (unpaired) electrons. The van der Waals surface area contributed by atoms with Crippen LogP contribution in [0.5, 0.6) is 0 Å². The van der Waals surface area contributed by atoms with Crippen LogP contribution in [0, 0.1) is 5.41 Å². The lowest BCUT2D eigenvalue weighted by atomic mass is 9.95. The van der Waals surface area contributed by atoms with Crippen molar-refractivity contribution in [1.29, 1.82) is 0 Å². The highest BCUT2D eigenvalue weighted by atomic mass is 32.2. The van der Waals surface area contributed by atoms with Crippen LogP contribution < -0.4 is 9.62 Å². The third-order valence-corrected chi connectivity index (χ3v) is 9.10. The van der Waals surface area contributed by atoms with Crippen LogP contribution in [0.25, 0.3) is 0 Å². The fourth-order valence-electron chi connectivity index (χ4n) is 4.42. The van der Waals surface area contributed by atoms with E-state index in [0.717, 1.165) is 17.4 Å². The van der Waals surface area contributed by atoms with E-state index in [1.54, 1.807) is 37.3 Å². The summed E-state index contributed by atoms with van der Waals surface area (Å²) in [4.78, 5) is 29.0. The van der Waals surface area contributed by atoms with Crippen LogP contribution in [-0.2, 0) is 14.8 Å². The lowest BCUT2D eigenvalue weighted by Crippen LogP contribution is -2.40. The number of nitrogens with zero attached hydrogens (tertiary/aromatic N) is 2. The first-order valence-electron chi connectivity index (χ1n) is 10.9. The van der Waals surface area contributed by atoms with Gasteiger partial charge in [-0.2, -0.15) is 0 Å². The Kier molecular flexibility index (Phi) is 6.42. The van der Waals surface area contributed by atoms with Crippen molar-refractivity contribution in [1.82, 2.24) is 10.2 Å². The molecule has 32 heavy (non-hydrogen) atoms. The molecular weight excluding hydrogens is 446 g/mol. The molecular formula is C23H29N3O4S2. The molecule has 0 bridgehead atoms. The first-order chi connectivity index (χ1) is 15.2. The lowest BCUT2D eigenvalue weighted by Gasteiger charge is -2.34. The Morgan fingerprint density at radius 3 is 2.38 bits per heavy atom. The summed E-state index contributed by atoms with van der Waals surface area (Å²) in [6.07, 6.45) is 3.59. The highest BCUT2D eigenvalue weighted by Gasteiger charge is 2.49. The molecule has 7 nitrogen and oxygen atoms in total. The molecule has 0 aliphatic carbocycles. The number of nitrogens with one attached hydrogen (secondary N) is 1. The number of rotatable bonds is 6. The second-order valence-electron chi connectivity index (χ2n) is 9.09. The Balaban J connectivity index is 1.45. The second kappa shape index (κ2) is 8.96. The van der Waals surface area contributed by atoms with E-state index in [4.69, 9.17) is 0 Å². The Morgan fingerprint density at radius 2 is 1.81 bits per heavy atom. The number of hydrogen-bond acceptors (Lipinski definition) is 6. The van der Waals surface area contributed by atoms with Gasteiger partial charge in [0.2, 0.25) is 15.9 Å². The predicted molar refractivity (Wildman–Crippen MR) is 126 cm³/mol. The van der Waals surface area contributed by atoms with Gasteiger partial charge in [-0.25, -0.2) is 12.7 Å². The van der Waals surface area contributed by atoms with Gasteiger partial charge in [-0.1, -0.05) is 12.5 Å². The summed E-state index contributed by atoms with van der Waals surface area (Å²) in [5, 5.41) is 5.10. The maximum Gasteiger partial charge on any atom is 0.251 e. The minimum absolute atomic E-state index is 0.146. The van der Waals surface area contributed by atoms with Gasteiger partial charge in [0.05, 0.1) is 22.9 Å². The molecule has 172 valence electrons. The summed E-state index contributed by atoms with van der Waals surface area (Å²) < 4.78 is 25.8. The fourth-order valence-corrected chi connectivity index (χ4v) is 7.39. The Labute approximate surface area is 193 Å². The monoisotopic (exact) mass is 475 g/mol. The first-order valence-corrected chi connectivity index (χ1v) is 13.4. The summed E-state index contributed by atoms with van der Waals surface area (Å²) >= 11 is 1.70. The molecule has 1 N–H and O–H groups in total. The average molecular weight is 476 g/mol. The number of benzene rings is 1. The van der Waals surface area contributed by atoms with Crippen molar-refractivity contribution >= 4 is 38.9 Å². The van der Waals surface area contributed by atoms with Crippen molar-refractivity contribution in [3.05, 3.63) is 52.2 Å². The van der Waals surface area contributed by atoms with Crippen LogP contribution in [0.1, 0.15) is 54.4 Å². The van der Waals surface area contributed by atoms with Crippen LogP contribution >= 0.6 is 11.3 Å². The molecule has 1 unspecified atom stereocenters. The van der Waals surface area contributed by atoms with Crippen LogP contribution in [0.15, 0.2) is 41.8 Å². The van der Waals surface area contributed by atoms with E-state index < -0.39 is 21.3 Å². The van der Waals surface area contributed by atoms with Crippen molar-refractivity contribution < 1.29 is 18.0 Å². The third kappa shape index (κ3) is 4.60. The van der Waals surface area contributed by atoms with Crippen molar-refractivity contribution in [2.24, 2.45) is 5.41 Å². The molecule has 0 spiro atoms. The maximum absolute atomic E-state index is 12.8. The van der Waals surface area contributed by atoms with E-state index in [1.807, 2.05) is 6.07 Å². The SMILES string of the molecule is CC1(C)CS(=O)(=O)N(c2ccc(C(=O)NCC(c3cccs3)N3CCCCC3)cc2)C1=O. The molecule has 2 aromatic rings. The van der Waals surface area contributed by atoms with Gasteiger partial charge >= 0.3 is 0 Å². The van der Waals surface area contributed by atoms with Crippen molar-refractivity contribution in [3.8, 4) is 0 Å². The van der Waals surface area contributed by atoms with E-state index in [1.165, 1.54) is 36.3 Å². The van der Waals surface area contributed by atoms with Gasteiger partial charge in [-0.05, 0) is 75.5 Å². The van der Waals surface area contributed by atoms with Gasteiger partial charge in [0.1, 0.15) is 0 Å². The normalized spacial score (nSPS) is 21.4. The minimum Gasteiger partial charge on any atom is -0.350 e. The summed E-state index contributed by atoms with van der Waals surface area (Å²) in [5.41, 5.74) is -0.261. The molecule has 2 aliphatic rings. The van der Waals surface area contributed by atoms with Crippen LogP contribution in [0.3, 0.4) is 0 Å². The summed E-state index contributed by atoms with van der Waals surface area (Å²) in [6, 6.07) is 10.5. The highest BCUT2D eigenvalue weighted by Crippen LogP contribution is 2.35. The van der Waals surface area contributed by atoms with Gasteiger partial charge in [-0.3, -0.25) is 14.5 Å². The van der Waals surface area contributed by atoms with E-state index in [0.29, 0.717) is 12.1 Å². The van der Waals surface area contributed by atoms with Gasteiger partial charge in [0, 0.05) is 17.0 Å². The molecule has 1 aromatic heterocycles. The number of carbonyl (C=O) groups is 2. The largest absolute Gasteiger partial charge is 0.350 e. The zero-order valence-electron chi connectivity index (χ0n) is 18.4. The number of likely N-dealkylation sites (tertiary alicyclic amines) is 1. The summed E-state index contributed by atoms with van der Waals surface area (Å²) in [5.74, 6) is -0.886. The molecule has 2 fully saturated rings. The van der Waals surface area contributed by atoms with Gasteiger partial charge in [-0.15, -0.1) is 11.3 Å². The quantitative estimate of drug-likeness (QED) is 0.692. The van der Waals surface area contributed by atoms with Crippen molar-refractivity contribution in [2.75, 3.05) is 29.7 Å². The van der Waals surface area contributed by atoms with E-state index in [-0.39, 0.29) is 23.4 Å². The van der Waals surface area contributed by atoms with Crippen LogP contribution in [-0.4, -0.2) is 50.5 Å². The fraction of sp³-hybridized carbons (Fsp3) is 0.478. The summed E-state index contributed by atoms with van der Waals surface area (Å²) in [6.45, 7) is 5.82. The number of amides is 2. The first kappa shape index (κ1) is 22.9. The molecule has 4 rings (SSSR count). The van der Waals surface area contributed by atoms with Crippen molar-refractivity contribution in [3.63, 3.8) is 0 Å². The summed E-state index contributed by atoms with van der Waals surface area (Å²) in [7, 11) is -3.71. The second-order valence-corrected chi connectivity index (χ2v) is 11.9. The third-order valence-electron chi connectivity index (χ3n) is 6.11. The zero-order chi connectivity index (χ0) is 22.9. The lowest BCUT2D eigenvalue weighted by molar-refractivity contribution is -0.123. The Bertz CT molecular complexity index is 1070. The molecule has 2 amide bonds. The Morgan fingerprint density at radius 1 is 1.12 bits per heavy atom. The van der Waals surface area contributed by atoms with Gasteiger partial charge in [0.15, 0.2) is 0 Å². The predicted octanol–water partition coefficient (Wildman–Crippen LogP) is 3.41. The number of thiophene rings is 1. The molecule has 0 saturated carbocycles. The smallest absolute Gasteiger partial charge is 0.251 e. The average Bonchev–Trinajstić information content (AvgIpc) is 3.33. The molecule has 1 aromatic carbocycles. The van der Waals surface area contributed by atoms with E-state index in [2.05, 4.69) is 21.7 Å². The van der Waals surface area contributed by atoms with E-state index >= 15 is 0 Å². The number of piperidine rings is 1. The maximum atomic E-state index is 12.8. The van der Waals surface area contributed by atoms with Crippen molar-refractivity contribution in [2.45, 2.75) is 39.2 Å². The van der Waals surface area contributed by atoms with E-state index in [9.17, 15) is 18.0 Å². The standard InChI is InChI=1S/C23H29N3O4S2/c1-23(2)16-32(29,30)26(22(23)28)18-10-8-17(9-11-18)21(27)24-15-19(20-7-6-14-31-20)25-12-4-3-5-13-25/h6-11,14,19H,3-5,12-13,15-16H2,1-2H3,(H,24,27). The Hall–Kier alpha value is -2.23. The molecule has 1 atom stereocenters. The topological polar surface area (TPSA) is 86.8 Å². The van der Waals surface area contributed by atoms with Gasteiger partial charge < -0.3 is 5.32 Å². The number of anilines is 1. The number of sulfonamides is 1. The molecule has 2 aliphatic heterocycles. The molecule has 3 heterocycles. The van der Waals surface area contributed by atoms with Crippen LogP contribution in [0.4, 0.5) is 5.69 Å². The number of hydrogen-bond donors (Lipinski definition) is 1. The molecule has 2 saturated heterocycles. The highest BCUT2D eigenvalue weighted by molar-refractivity contribution is 7.94. The van der Waals surface area contributed by atoms with Crippen LogP contribution in [0.2, 0.25) is 0 Å². The van der Waals surface area contributed by atoms with Gasteiger partial charge in [0.25, 0.3) is 5.91 Å². The zero-order valence-corrected chi connectivity index (χ0v) is 20.0. The number of carbonyl (C=O) groups excluding carboxylic acids is 2.